The standard InChI is InChI=1S/C16H21NO5/c1-11(18)12-5-6-14(15(8-12)20-2)22-10-16(19)17-9-13-4-3-7-21-13/h5-6,8,13H,3-4,7,9-10H2,1-2H3,(H,17,19). The van der Waals surface area contributed by atoms with E-state index in [1.54, 1.807) is 18.2 Å². The second-order valence-electron chi connectivity index (χ2n) is 5.15. The van der Waals surface area contributed by atoms with Gasteiger partial charge in [0, 0.05) is 18.7 Å². The third-order valence-corrected chi connectivity index (χ3v) is 3.48. The van der Waals surface area contributed by atoms with E-state index >= 15 is 0 Å². The molecule has 1 amide bonds. The van der Waals surface area contributed by atoms with Crippen LogP contribution in [-0.2, 0) is 9.53 Å². The van der Waals surface area contributed by atoms with Crippen LogP contribution in [0.5, 0.6) is 11.5 Å². The predicted octanol–water partition coefficient (Wildman–Crippen LogP) is 1.57. The van der Waals surface area contributed by atoms with Crippen molar-refractivity contribution in [1.82, 2.24) is 5.32 Å². The number of nitrogens with one attached hydrogen (secondary N) is 1. The van der Waals surface area contributed by atoms with Crippen molar-refractivity contribution in [2.45, 2.75) is 25.9 Å². The summed E-state index contributed by atoms with van der Waals surface area (Å²) in [7, 11) is 1.49. The largest absolute Gasteiger partial charge is 0.493 e. The Labute approximate surface area is 129 Å². The third kappa shape index (κ3) is 4.46. The van der Waals surface area contributed by atoms with E-state index in [0.29, 0.717) is 23.6 Å². The number of ether oxygens (including phenoxy) is 3. The fourth-order valence-corrected chi connectivity index (χ4v) is 2.23. The molecule has 2 rings (SSSR count). The molecule has 1 aliphatic heterocycles. The van der Waals surface area contributed by atoms with Crippen molar-refractivity contribution in [2.75, 3.05) is 26.9 Å². The number of hydrogen-bond donors (Lipinski definition) is 1. The third-order valence-electron chi connectivity index (χ3n) is 3.48. The summed E-state index contributed by atoms with van der Waals surface area (Å²) >= 11 is 0. The van der Waals surface area contributed by atoms with Crippen molar-refractivity contribution in [2.24, 2.45) is 0 Å². The number of carbonyl (C=O) groups is 2. The zero-order chi connectivity index (χ0) is 15.9. The summed E-state index contributed by atoms with van der Waals surface area (Å²) in [6, 6.07) is 4.87. The van der Waals surface area contributed by atoms with E-state index in [9.17, 15) is 9.59 Å². The topological polar surface area (TPSA) is 73.9 Å². The minimum absolute atomic E-state index is 0.0563. The van der Waals surface area contributed by atoms with Crippen LogP contribution in [0.25, 0.3) is 0 Å². The van der Waals surface area contributed by atoms with E-state index in [1.807, 2.05) is 0 Å². The summed E-state index contributed by atoms with van der Waals surface area (Å²) in [5.41, 5.74) is 0.534. The molecule has 0 saturated carbocycles. The zero-order valence-corrected chi connectivity index (χ0v) is 12.9. The fraction of sp³-hybridized carbons (Fsp3) is 0.500. The number of benzene rings is 1. The molecular formula is C16H21NO5. The van der Waals surface area contributed by atoms with Gasteiger partial charge in [-0.2, -0.15) is 0 Å². The zero-order valence-electron chi connectivity index (χ0n) is 12.9. The van der Waals surface area contributed by atoms with Crippen LogP contribution in [0.3, 0.4) is 0 Å². The van der Waals surface area contributed by atoms with Crippen molar-refractivity contribution in [3.8, 4) is 11.5 Å². The smallest absolute Gasteiger partial charge is 0.258 e. The molecule has 1 aromatic carbocycles. The predicted molar refractivity (Wildman–Crippen MR) is 80.5 cm³/mol. The number of methoxy groups -OCH3 is 1. The molecule has 0 bridgehead atoms. The molecule has 0 aliphatic carbocycles. The van der Waals surface area contributed by atoms with Crippen LogP contribution in [-0.4, -0.2) is 44.7 Å². The maximum Gasteiger partial charge on any atom is 0.258 e. The second-order valence-corrected chi connectivity index (χ2v) is 5.15. The number of hydrogen-bond acceptors (Lipinski definition) is 5. The molecule has 6 heteroatoms. The molecule has 1 fully saturated rings. The molecule has 120 valence electrons. The van der Waals surface area contributed by atoms with E-state index in [2.05, 4.69) is 5.32 Å². The van der Waals surface area contributed by atoms with Crippen LogP contribution < -0.4 is 14.8 Å². The Morgan fingerprint density at radius 2 is 2.18 bits per heavy atom. The SMILES string of the molecule is COc1cc(C(C)=O)ccc1OCC(=O)NCC1CCCO1. The summed E-state index contributed by atoms with van der Waals surface area (Å²) in [6.45, 7) is 2.63. The normalized spacial score (nSPS) is 17.1. The maximum atomic E-state index is 11.8. The monoisotopic (exact) mass is 307 g/mol. The fourth-order valence-electron chi connectivity index (χ4n) is 2.23. The van der Waals surface area contributed by atoms with Gasteiger partial charge in [0.15, 0.2) is 23.9 Å². The lowest BCUT2D eigenvalue weighted by Crippen LogP contribution is -2.35. The minimum atomic E-state index is -0.215. The van der Waals surface area contributed by atoms with Crippen molar-refractivity contribution in [3.63, 3.8) is 0 Å². The first kappa shape index (κ1) is 16.3. The van der Waals surface area contributed by atoms with Crippen molar-refractivity contribution >= 4 is 11.7 Å². The molecular weight excluding hydrogens is 286 g/mol. The van der Waals surface area contributed by atoms with E-state index in [1.165, 1.54) is 14.0 Å². The van der Waals surface area contributed by atoms with Crippen molar-refractivity contribution in [3.05, 3.63) is 23.8 Å². The molecule has 1 N–H and O–H groups in total. The highest BCUT2D eigenvalue weighted by atomic mass is 16.5. The number of ketones is 1. The van der Waals surface area contributed by atoms with Crippen molar-refractivity contribution in [1.29, 1.82) is 0 Å². The first-order valence-electron chi connectivity index (χ1n) is 7.30. The first-order chi connectivity index (χ1) is 10.6. The Balaban J connectivity index is 1.84. The summed E-state index contributed by atoms with van der Waals surface area (Å²) in [5.74, 6) is 0.590. The lowest BCUT2D eigenvalue weighted by Gasteiger charge is -2.13. The van der Waals surface area contributed by atoms with Gasteiger partial charge in [0.1, 0.15) is 0 Å². The molecule has 1 saturated heterocycles. The Hall–Kier alpha value is -2.08. The highest BCUT2D eigenvalue weighted by Gasteiger charge is 2.16. The average molecular weight is 307 g/mol. The molecule has 0 aromatic heterocycles. The second kappa shape index (κ2) is 7.79. The first-order valence-corrected chi connectivity index (χ1v) is 7.30. The molecule has 1 heterocycles. The minimum Gasteiger partial charge on any atom is -0.493 e. The molecule has 1 aromatic rings. The molecule has 0 radical (unpaired) electrons. The Morgan fingerprint density at radius 1 is 1.36 bits per heavy atom. The Kier molecular flexibility index (Phi) is 5.77. The Morgan fingerprint density at radius 3 is 2.82 bits per heavy atom. The van der Waals surface area contributed by atoms with Crippen LogP contribution in [0.4, 0.5) is 0 Å². The quantitative estimate of drug-likeness (QED) is 0.774. The lowest BCUT2D eigenvalue weighted by molar-refractivity contribution is -0.123. The molecule has 6 nitrogen and oxygen atoms in total. The van der Waals surface area contributed by atoms with Gasteiger partial charge in [0.2, 0.25) is 0 Å². The number of carbonyl (C=O) groups excluding carboxylic acids is 2. The number of Topliss-reactive ketones (excluding diaryl/α,β-unsaturated/α-hetero) is 1. The molecule has 22 heavy (non-hydrogen) atoms. The highest BCUT2D eigenvalue weighted by molar-refractivity contribution is 5.94. The number of amides is 1. The highest BCUT2D eigenvalue weighted by Crippen LogP contribution is 2.28. The average Bonchev–Trinajstić information content (AvgIpc) is 3.04. The summed E-state index contributed by atoms with van der Waals surface area (Å²) < 4.78 is 16.1. The van der Waals surface area contributed by atoms with Crippen LogP contribution in [0, 0.1) is 0 Å². The van der Waals surface area contributed by atoms with Crippen LogP contribution in [0.1, 0.15) is 30.1 Å². The summed E-state index contributed by atoms with van der Waals surface area (Å²) in [5, 5.41) is 2.78. The van der Waals surface area contributed by atoms with Crippen molar-refractivity contribution < 1.29 is 23.8 Å². The van der Waals surface area contributed by atoms with Gasteiger partial charge < -0.3 is 19.5 Å². The van der Waals surface area contributed by atoms with E-state index in [0.717, 1.165) is 19.4 Å². The lowest BCUT2D eigenvalue weighted by atomic mass is 10.1. The molecule has 0 spiro atoms. The van der Waals surface area contributed by atoms with Crippen LogP contribution >= 0.6 is 0 Å². The van der Waals surface area contributed by atoms with Gasteiger partial charge in [-0.1, -0.05) is 0 Å². The van der Waals surface area contributed by atoms with Gasteiger partial charge in [-0.25, -0.2) is 0 Å². The molecule has 1 unspecified atom stereocenters. The van der Waals surface area contributed by atoms with Crippen LogP contribution in [0.2, 0.25) is 0 Å². The molecule has 1 atom stereocenters. The number of rotatable bonds is 7. The Bertz CT molecular complexity index is 537. The van der Waals surface area contributed by atoms with Gasteiger partial charge in [0.25, 0.3) is 5.91 Å². The van der Waals surface area contributed by atoms with Gasteiger partial charge in [-0.15, -0.1) is 0 Å². The maximum absolute atomic E-state index is 11.8. The molecule has 1 aliphatic rings. The van der Waals surface area contributed by atoms with Gasteiger partial charge in [-0.3, -0.25) is 9.59 Å². The van der Waals surface area contributed by atoms with Crippen LogP contribution in [0.15, 0.2) is 18.2 Å². The summed E-state index contributed by atoms with van der Waals surface area (Å²) in [6.07, 6.45) is 2.12. The van der Waals surface area contributed by atoms with Gasteiger partial charge in [0.05, 0.1) is 13.2 Å². The van der Waals surface area contributed by atoms with E-state index < -0.39 is 0 Å². The van der Waals surface area contributed by atoms with E-state index in [-0.39, 0.29) is 24.4 Å². The van der Waals surface area contributed by atoms with Gasteiger partial charge >= 0.3 is 0 Å². The van der Waals surface area contributed by atoms with Gasteiger partial charge in [-0.05, 0) is 38.0 Å². The van der Waals surface area contributed by atoms with E-state index in [4.69, 9.17) is 14.2 Å². The summed E-state index contributed by atoms with van der Waals surface area (Å²) in [4.78, 5) is 23.1.